The van der Waals surface area contributed by atoms with E-state index < -0.39 is 5.97 Å². The van der Waals surface area contributed by atoms with Crippen LogP contribution in [0.2, 0.25) is 0 Å². The Kier molecular flexibility index (Phi) is 3.25. The van der Waals surface area contributed by atoms with Crippen LogP contribution in [0.3, 0.4) is 0 Å². The molecule has 0 fully saturated rings. The SMILES string of the molecule is Cc1cc2c(c(C)c1CCC(=O)O)C(=O)C(C)(C)C2. The Labute approximate surface area is 113 Å². The average Bonchev–Trinajstić information content (AvgIpc) is 2.48. The van der Waals surface area contributed by atoms with Gasteiger partial charge >= 0.3 is 5.97 Å². The lowest BCUT2D eigenvalue weighted by atomic mass is 9.88. The van der Waals surface area contributed by atoms with Gasteiger partial charge in [-0.3, -0.25) is 9.59 Å². The molecule has 0 spiro atoms. The van der Waals surface area contributed by atoms with E-state index in [-0.39, 0.29) is 17.6 Å². The summed E-state index contributed by atoms with van der Waals surface area (Å²) in [4.78, 5) is 23.2. The molecule has 0 amide bonds. The third-order valence-electron chi connectivity index (χ3n) is 4.08. The topological polar surface area (TPSA) is 54.4 Å². The summed E-state index contributed by atoms with van der Waals surface area (Å²) in [5.74, 6) is -0.609. The van der Waals surface area contributed by atoms with Crippen LogP contribution in [0.5, 0.6) is 0 Å². The van der Waals surface area contributed by atoms with E-state index in [0.29, 0.717) is 6.42 Å². The van der Waals surface area contributed by atoms with E-state index in [9.17, 15) is 9.59 Å². The lowest BCUT2D eigenvalue weighted by Gasteiger charge is -2.14. The van der Waals surface area contributed by atoms with Gasteiger partial charge in [0.05, 0.1) is 0 Å². The first-order valence-corrected chi connectivity index (χ1v) is 6.62. The van der Waals surface area contributed by atoms with Gasteiger partial charge in [0, 0.05) is 17.4 Å². The zero-order chi connectivity index (χ0) is 14.4. The standard InChI is InChI=1S/C16H20O3/c1-9-7-11-8-16(3,4)15(19)14(11)10(2)12(9)5-6-13(17)18/h7H,5-6,8H2,1-4H3,(H,17,18). The molecule has 0 atom stereocenters. The van der Waals surface area contributed by atoms with Crippen LogP contribution in [-0.2, 0) is 17.6 Å². The number of carboxylic acid groups (broad SMARTS) is 1. The van der Waals surface area contributed by atoms with Gasteiger partial charge in [-0.05, 0) is 48.9 Å². The van der Waals surface area contributed by atoms with Gasteiger partial charge in [-0.15, -0.1) is 0 Å². The largest absolute Gasteiger partial charge is 0.481 e. The maximum absolute atomic E-state index is 12.4. The van der Waals surface area contributed by atoms with E-state index in [1.54, 1.807) is 0 Å². The fourth-order valence-electron chi connectivity index (χ4n) is 3.08. The Balaban J connectivity index is 2.49. The van der Waals surface area contributed by atoms with E-state index in [1.807, 2.05) is 27.7 Å². The summed E-state index contributed by atoms with van der Waals surface area (Å²) < 4.78 is 0. The number of carbonyl (C=O) groups excluding carboxylic acids is 1. The number of ketones is 1. The molecule has 1 aliphatic carbocycles. The lowest BCUT2D eigenvalue weighted by Crippen LogP contribution is -2.19. The first-order chi connectivity index (χ1) is 8.74. The highest BCUT2D eigenvalue weighted by Gasteiger charge is 2.39. The van der Waals surface area contributed by atoms with Gasteiger partial charge in [0.1, 0.15) is 0 Å². The molecule has 19 heavy (non-hydrogen) atoms. The molecule has 0 aliphatic heterocycles. The van der Waals surface area contributed by atoms with Crippen molar-refractivity contribution in [1.82, 2.24) is 0 Å². The fraction of sp³-hybridized carbons (Fsp3) is 0.500. The zero-order valence-electron chi connectivity index (χ0n) is 12.0. The summed E-state index contributed by atoms with van der Waals surface area (Å²) in [6, 6.07) is 2.06. The minimum absolute atomic E-state index is 0.109. The van der Waals surface area contributed by atoms with Crippen LogP contribution < -0.4 is 0 Å². The monoisotopic (exact) mass is 260 g/mol. The minimum atomic E-state index is -0.800. The molecular weight excluding hydrogens is 240 g/mol. The molecule has 3 nitrogen and oxygen atoms in total. The number of aliphatic carboxylic acids is 1. The predicted molar refractivity (Wildman–Crippen MR) is 73.7 cm³/mol. The number of carbonyl (C=O) groups is 2. The normalized spacial score (nSPS) is 16.5. The second-order valence-corrected chi connectivity index (χ2v) is 6.11. The van der Waals surface area contributed by atoms with Gasteiger partial charge in [0.15, 0.2) is 5.78 Å². The number of carboxylic acids is 1. The minimum Gasteiger partial charge on any atom is -0.481 e. The van der Waals surface area contributed by atoms with Crippen molar-refractivity contribution < 1.29 is 14.7 Å². The third kappa shape index (κ3) is 2.29. The summed E-state index contributed by atoms with van der Waals surface area (Å²) in [6.07, 6.45) is 1.38. The molecular formula is C16H20O3. The van der Waals surface area contributed by atoms with Crippen molar-refractivity contribution >= 4 is 11.8 Å². The van der Waals surface area contributed by atoms with E-state index in [1.165, 1.54) is 0 Å². The Bertz CT molecular complexity index is 568. The average molecular weight is 260 g/mol. The van der Waals surface area contributed by atoms with Crippen molar-refractivity contribution in [3.05, 3.63) is 33.9 Å². The number of hydrogen-bond donors (Lipinski definition) is 1. The van der Waals surface area contributed by atoms with E-state index in [0.717, 1.165) is 34.2 Å². The molecule has 0 saturated carbocycles. The molecule has 0 aromatic heterocycles. The van der Waals surface area contributed by atoms with Crippen LogP contribution in [0, 0.1) is 19.3 Å². The second-order valence-electron chi connectivity index (χ2n) is 6.11. The molecule has 2 rings (SSSR count). The van der Waals surface area contributed by atoms with Gasteiger partial charge in [0.2, 0.25) is 0 Å². The Morgan fingerprint density at radius 3 is 2.58 bits per heavy atom. The third-order valence-corrected chi connectivity index (χ3v) is 4.08. The van der Waals surface area contributed by atoms with Crippen LogP contribution in [0.4, 0.5) is 0 Å². The Morgan fingerprint density at radius 2 is 2.00 bits per heavy atom. The van der Waals surface area contributed by atoms with Gasteiger partial charge in [-0.2, -0.15) is 0 Å². The molecule has 0 bridgehead atoms. The number of hydrogen-bond acceptors (Lipinski definition) is 2. The molecule has 1 N–H and O–H groups in total. The van der Waals surface area contributed by atoms with Gasteiger partial charge in [-0.25, -0.2) is 0 Å². The molecule has 1 aromatic rings. The highest BCUT2D eigenvalue weighted by molar-refractivity contribution is 6.06. The number of benzene rings is 1. The number of Topliss-reactive ketones (excluding diaryl/α,β-unsaturated/α-hetero) is 1. The van der Waals surface area contributed by atoms with Crippen molar-refractivity contribution in [2.45, 2.75) is 47.0 Å². The van der Waals surface area contributed by atoms with Crippen LogP contribution in [0.25, 0.3) is 0 Å². The van der Waals surface area contributed by atoms with Crippen molar-refractivity contribution in [2.24, 2.45) is 5.41 Å². The second kappa shape index (κ2) is 4.48. The fourth-order valence-corrected chi connectivity index (χ4v) is 3.08. The van der Waals surface area contributed by atoms with Crippen molar-refractivity contribution in [1.29, 1.82) is 0 Å². The Morgan fingerprint density at radius 1 is 1.37 bits per heavy atom. The molecule has 1 aromatic carbocycles. The first-order valence-electron chi connectivity index (χ1n) is 6.62. The molecule has 3 heteroatoms. The maximum Gasteiger partial charge on any atom is 0.303 e. The summed E-state index contributed by atoms with van der Waals surface area (Å²) in [5.41, 5.74) is 4.72. The van der Waals surface area contributed by atoms with Crippen LogP contribution in [-0.4, -0.2) is 16.9 Å². The van der Waals surface area contributed by atoms with E-state index >= 15 is 0 Å². The van der Waals surface area contributed by atoms with E-state index in [4.69, 9.17) is 5.11 Å². The summed E-state index contributed by atoms with van der Waals surface area (Å²) in [5, 5.41) is 8.82. The van der Waals surface area contributed by atoms with Crippen molar-refractivity contribution in [3.63, 3.8) is 0 Å². The molecule has 102 valence electrons. The van der Waals surface area contributed by atoms with Gasteiger partial charge in [-0.1, -0.05) is 19.9 Å². The van der Waals surface area contributed by atoms with Crippen molar-refractivity contribution in [2.75, 3.05) is 0 Å². The summed E-state index contributed by atoms with van der Waals surface area (Å²) >= 11 is 0. The van der Waals surface area contributed by atoms with Crippen LogP contribution in [0.1, 0.15) is 52.9 Å². The highest BCUT2D eigenvalue weighted by atomic mass is 16.4. The summed E-state index contributed by atoms with van der Waals surface area (Å²) in [6.45, 7) is 7.89. The molecule has 0 heterocycles. The highest BCUT2D eigenvalue weighted by Crippen LogP contribution is 2.39. The Hall–Kier alpha value is -1.64. The number of rotatable bonds is 3. The number of fused-ring (bicyclic) bond motifs is 1. The van der Waals surface area contributed by atoms with Crippen molar-refractivity contribution in [3.8, 4) is 0 Å². The van der Waals surface area contributed by atoms with E-state index in [2.05, 4.69) is 6.07 Å². The quantitative estimate of drug-likeness (QED) is 0.908. The van der Waals surface area contributed by atoms with Crippen LogP contribution >= 0.6 is 0 Å². The predicted octanol–water partition coefficient (Wildman–Crippen LogP) is 3.09. The molecule has 0 saturated heterocycles. The summed E-state index contributed by atoms with van der Waals surface area (Å²) in [7, 11) is 0. The smallest absolute Gasteiger partial charge is 0.303 e. The zero-order valence-corrected chi connectivity index (χ0v) is 12.0. The molecule has 1 aliphatic rings. The molecule has 0 unspecified atom stereocenters. The lowest BCUT2D eigenvalue weighted by molar-refractivity contribution is -0.136. The molecule has 0 radical (unpaired) electrons. The maximum atomic E-state index is 12.4. The first kappa shape index (κ1) is 13.8. The number of aryl methyl sites for hydroxylation is 1. The van der Waals surface area contributed by atoms with Gasteiger partial charge in [0.25, 0.3) is 0 Å². The van der Waals surface area contributed by atoms with Gasteiger partial charge < -0.3 is 5.11 Å². The van der Waals surface area contributed by atoms with Crippen LogP contribution in [0.15, 0.2) is 6.07 Å².